The lowest BCUT2D eigenvalue weighted by molar-refractivity contribution is -0.917. The lowest BCUT2D eigenvalue weighted by Crippen LogP contribution is -3.13. The molecule has 1 fully saturated rings. The molecule has 1 amide bonds. The second-order valence-electron chi connectivity index (χ2n) is 7.15. The number of piperazine rings is 1. The fourth-order valence-electron chi connectivity index (χ4n) is 3.66. The number of benzene rings is 2. The van der Waals surface area contributed by atoms with Crippen LogP contribution in [0.15, 0.2) is 42.5 Å². The number of carbonyl (C=O) groups is 1. The number of fused-ring (bicyclic) bond motifs is 1. The van der Waals surface area contributed by atoms with Crippen molar-refractivity contribution in [1.82, 2.24) is 4.90 Å². The van der Waals surface area contributed by atoms with Crippen LogP contribution in [-0.2, 0) is 11.3 Å². The highest BCUT2D eigenvalue weighted by Crippen LogP contribution is 2.32. The molecule has 2 aromatic carbocycles. The predicted octanol–water partition coefficient (Wildman–Crippen LogP) is 1.50. The third-order valence-electron chi connectivity index (χ3n) is 5.28. The van der Waals surface area contributed by atoms with Gasteiger partial charge in [0.2, 0.25) is 12.7 Å². The van der Waals surface area contributed by atoms with Gasteiger partial charge in [0.1, 0.15) is 18.1 Å². The summed E-state index contributed by atoms with van der Waals surface area (Å²) in [5.74, 6) is 1.85. The first kappa shape index (κ1) is 19.3. The Kier molecular flexibility index (Phi) is 5.67. The summed E-state index contributed by atoms with van der Waals surface area (Å²) >= 11 is 0. The standard InChI is InChI=1S/C22H23FN2O4/c1-27-19-6-4-18(23)13-17(19)14-24-8-10-25(11-9-24)22(26)7-3-16-2-5-20-21(12-16)29-15-28-20/h2-7,12-13H,8-11,14-15H2,1H3/p+1/b7-3+. The molecule has 0 radical (unpaired) electrons. The van der Waals surface area contributed by atoms with Gasteiger partial charge in [-0.15, -0.1) is 0 Å². The zero-order valence-corrected chi connectivity index (χ0v) is 16.3. The first-order chi connectivity index (χ1) is 14.1. The van der Waals surface area contributed by atoms with Crippen LogP contribution in [0.2, 0.25) is 0 Å². The molecule has 4 rings (SSSR count). The van der Waals surface area contributed by atoms with Gasteiger partial charge in [0.05, 0.1) is 38.9 Å². The van der Waals surface area contributed by atoms with E-state index < -0.39 is 0 Å². The van der Waals surface area contributed by atoms with Gasteiger partial charge in [-0.25, -0.2) is 4.39 Å². The lowest BCUT2D eigenvalue weighted by Gasteiger charge is -2.32. The van der Waals surface area contributed by atoms with Crippen molar-refractivity contribution in [2.45, 2.75) is 6.54 Å². The van der Waals surface area contributed by atoms with Crippen molar-refractivity contribution in [1.29, 1.82) is 0 Å². The number of quaternary nitrogens is 1. The highest BCUT2D eigenvalue weighted by molar-refractivity contribution is 5.91. The van der Waals surface area contributed by atoms with Crippen molar-refractivity contribution in [3.8, 4) is 17.2 Å². The summed E-state index contributed by atoms with van der Waals surface area (Å²) in [7, 11) is 1.59. The van der Waals surface area contributed by atoms with Crippen molar-refractivity contribution >= 4 is 12.0 Å². The Labute approximate surface area is 169 Å². The molecular weight excluding hydrogens is 375 g/mol. The average molecular weight is 399 g/mol. The maximum absolute atomic E-state index is 13.6. The number of hydrogen-bond donors (Lipinski definition) is 1. The maximum Gasteiger partial charge on any atom is 0.246 e. The summed E-state index contributed by atoms with van der Waals surface area (Å²) in [4.78, 5) is 15.7. The minimum absolute atomic E-state index is 0.00921. The normalized spacial score (nSPS) is 16.4. The Morgan fingerprint density at radius 1 is 1.17 bits per heavy atom. The first-order valence-electron chi connectivity index (χ1n) is 9.65. The molecule has 2 aliphatic rings. The molecule has 6 nitrogen and oxygen atoms in total. The molecule has 0 saturated carbocycles. The molecule has 0 unspecified atom stereocenters. The third-order valence-corrected chi connectivity index (χ3v) is 5.28. The topological polar surface area (TPSA) is 52.4 Å². The number of methoxy groups -OCH3 is 1. The first-order valence-corrected chi connectivity index (χ1v) is 9.65. The fraction of sp³-hybridized carbons (Fsp3) is 0.318. The predicted molar refractivity (Wildman–Crippen MR) is 106 cm³/mol. The van der Waals surface area contributed by atoms with Crippen LogP contribution in [0.5, 0.6) is 17.2 Å². The Hall–Kier alpha value is -3.06. The minimum atomic E-state index is -0.261. The third kappa shape index (κ3) is 4.51. The molecule has 152 valence electrons. The van der Waals surface area contributed by atoms with Crippen LogP contribution in [0.4, 0.5) is 4.39 Å². The average Bonchev–Trinajstić information content (AvgIpc) is 3.21. The highest BCUT2D eigenvalue weighted by atomic mass is 19.1. The molecule has 1 N–H and O–H groups in total. The molecule has 2 aromatic rings. The van der Waals surface area contributed by atoms with Gasteiger partial charge in [-0.3, -0.25) is 4.79 Å². The van der Waals surface area contributed by atoms with E-state index in [2.05, 4.69) is 0 Å². The number of rotatable bonds is 5. The molecule has 2 heterocycles. The highest BCUT2D eigenvalue weighted by Gasteiger charge is 2.23. The lowest BCUT2D eigenvalue weighted by atomic mass is 10.1. The molecular formula is C22H24FN2O4+. The van der Waals surface area contributed by atoms with E-state index in [1.54, 1.807) is 25.3 Å². The van der Waals surface area contributed by atoms with E-state index >= 15 is 0 Å². The summed E-state index contributed by atoms with van der Waals surface area (Å²) in [6, 6.07) is 10.2. The van der Waals surface area contributed by atoms with Crippen molar-refractivity contribution in [3.05, 3.63) is 59.4 Å². The van der Waals surface area contributed by atoms with Crippen LogP contribution in [0.25, 0.3) is 6.08 Å². The van der Waals surface area contributed by atoms with Crippen molar-refractivity contribution in [3.63, 3.8) is 0 Å². The van der Waals surface area contributed by atoms with E-state index in [1.807, 2.05) is 23.1 Å². The summed E-state index contributed by atoms with van der Waals surface area (Å²) < 4.78 is 29.6. The van der Waals surface area contributed by atoms with Gasteiger partial charge in [0.15, 0.2) is 11.5 Å². The van der Waals surface area contributed by atoms with Crippen molar-refractivity contribution in [2.75, 3.05) is 40.1 Å². The number of amides is 1. The van der Waals surface area contributed by atoms with Gasteiger partial charge in [0.25, 0.3) is 0 Å². The van der Waals surface area contributed by atoms with E-state index in [9.17, 15) is 9.18 Å². The maximum atomic E-state index is 13.6. The Bertz CT molecular complexity index is 923. The van der Waals surface area contributed by atoms with Crippen LogP contribution < -0.4 is 19.1 Å². The van der Waals surface area contributed by atoms with Crippen molar-refractivity contribution in [2.24, 2.45) is 0 Å². The van der Waals surface area contributed by atoms with E-state index in [0.29, 0.717) is 31.1 Å². The number of hydrogen-bond acceptors (Lipinski definition) is 4. The van der Waals surface area contributed by atoms with Gasteiger partial charge >= 0.3 is 0 Å². The fourth-order valence-corrected chi connectivity index (χ4v) is 3.66. The quantitative estimate of drug-likeness (QED) is 0.775. The number of ether oxygens (including phenoxy) is 3. The monoisotopic (exact) mass is 399 g/mol. The van der Waals surface area contributed by atoms with Gasteiger partial charge in [0, 0.05) is 6.08 Å². The van der Waals surface area contributed by atoms with Crippen molar-refractivity contribution < 1.29 is 28.3 Å². The smallest absolute Gasteiger partial charge is 0.246 e. The van der Waals surface area contributed by atoms with Crippen LogP contribution in [0.1, 0.15) is 11.1 Å². The summed E-state index contributed by atoms with van der Waals surface area (Å²) in [5.41, 5.74) is 1.75. The largest absolute Gasteiger partial charge is 0.496 e. The van der Waals surface area contributed by atoms with E-state index in [1.165, 1.54) is 17.0 Å². The second kappa shape index (κ2) is 8.53. The van der Waals surface area contributed by atoms with Crippen LogP contribution in [-0.4, -0.2) is 50.9 Å². The molecule has 2 aliphatic heterocycles. The van der Waals surface area contributed by atoms with Crippen LogP contribution >= 0.6 is 0 Å². The molecule has 0 aliphatic carbocycles. The zero-order valence-electron chi connectivity index (χ0n) is 16.3. The molecule has 0 spiro atoms. The van der Waals surface area contributed by atoms with Gasteiger partial charge in [-0.2, -0.15) is 0 Å². The molecule has 0 bridgehead atoms. The van der Waals surface area contributed by atoms with E-state index in [0.717, 1.165) is 30.0 Å². The van der Waals surface area contributed by atoms with Gasteiger partial charge in [-0.05, 0) is 42.0 Å². The number of halogens is 1. The molecule has 29 heavy (non-hydrogen) atoms. The Morgan fingerprint density at radius 2 is 1.97 bits per heavy atom. The summed E-state index contributed by atoms with van der Waals surface area (Å²) in [6.07, 6.45) is 3.39. The van der Waals surface area contributed by atoms with Crippen LogP contribution in [0, 0.1) is 5.82 Å². The van der Waals surface area contributed by atoms with Crippen LogP contribution in [0.3, 0.4) is 0 Å². The van der Waals surface area contributed by atoms with E-state index in [4.69, 9.17) is 14.2 Å². The number of carbonyl (C=O) groups excluding carboxylic acids is 1. The molecule has 0 atom stereocenters. The van der Waals surface area contributed by atoms with Gasteiger partial charge < -0.3 is 24.0 Å². The zero-order chi connectivity index (χ0) is 20.2. The SMILES string of the molecule is COc1ccc(F)cc1C[NH+]1CCN(C(=O)/C=C/c2ccc3c(c2)OCO3)CC1. The molecule has 7 heteroatoms. The Morgan fingerprint density at radius 3 is 2.76 bits per heavy atom. The minimum Gasteiger partial charge on any atom is -0.496 e. The Balaban J connectivity index is 1.31. The van der Waals surface area contributed by atoms with E-state index in [-0.39, 0.29) is 18.5 Å². The number of nitrogens with zero attached hydrogens (tertiary/aromatic N) is 1. The summed E-state index contributed by atoms with van der Waals surface area (Å²) in [6.45, 7) is 3.85. The molecule has 0 aromatic heterocycles. The second-order valence-corrected chi connectivity index (χ2v) is 7.15. The van der Waals surface area contributed by atoms with Gasteiger partial charge in [-0.1, -0.05) is 6.07 Å². The molecule has 1 saturated heterocycles. The summed E-state index contributed by atoms with van der Waals surface area (Å²) in [5, 5.41) is 0. The number of nitrogens with one attached hydrogen (secondary N) is 1.